The number of para-hydroxylation sites is 2. The van der Waals surface area contributed by atoms with E-state index < -0.39 is 5.41 Å². The van der Waals surface area contributed by atoms with Gasteiger partial charge in [-0.3, -0.25) is 0 Å². The molecule has 9 aromatic carbocycles. The molecule has 1 aromatic heterocycles. The van der Waals surface area contributed by atoms with Gasteiger partial charge in [0.25, 0.3) is 0 Å². The first-order chi connectivity index (χ1) is 29.5. The lowest BCUT2D eigenvalue weighted by Gasteiger charge is -2.33. The molecule has 2 heteroatoms. The second-order valence-electron chi connectivity index (χ2n) is 16.8. The topological polar surface area (TPSA) is 16.4 Å². The first kappa shape index (κ1) is 34.6. The predicted octanol–water partition coefficient (Wildman–Crippen LogP) is 15.4. The molecule has 12 rings (SSSR count). The molecule has 284 valence electrons. The van der Waals surface area contributed by atoms with Crippen LogP contribution in [0.5, 0.6) is 0 Å². The van der Waals surface area contributed by atoms with Gasteiger partial charge in [-0.1, -0.05) is 190 Å². The van der Waals surface area contributed by atoms with E-state index >= 15 is 0 Å². The number of hydrogen-bond donors (Lipinski definition) is 0. The Morgan fingerprint density at radius 2 is 0.917 bits per heavy atom. The van der Waals surface area contributed by atoms with Crippen molar-refractivity contribution in [2.75, 3.05) is 4.90 Å². The molecule has 1 heterocycles. The monoisotopic (exact) mass is 767 g/mol. The zero-order valence-corrected chi connectivity index (χ0v) is 33.6. The summed E-state index contributed by atoms with van der Waals surface area (Å²) in [5.41, 5.74) is 19.6. The Kier molecular flexibility index (Phi) is 7.52. The molecule has 10 aromatic rings. The van der Waals surface area contributed by atoms with E-state index in [1.807, 2.05) is 0 Å². The lowest BCUT2D eigenvalue weighted by Crippen LogP contribution is -2.28. The van der Waals surface area contributed by atoms with E-state index in [4.69, 9.17) is 4.42 Å². The van der Waals surface area contributed by atoms with Gasteiger partial charge < -0.3 is 9.32 Å². The second-order valence-corrected chi connectivity index (χ2v) is 16.8. The van der Waals surface area contributed by atoms with Gasteiger partial charge in [-0.05, 0) is 92.0 Å². The summed E-state index contributed by atoms with van der Waals surface area (Å²) in [7, 11) is 0. The summed E-state index contributed by atoms with van der Waals surface area (Å²) in [5, 5.41) is 2.25. The average Bonchev–Trinajstić information content (AvgIpc) is 3.92. The van der Waals surface area contributed by atoms with E-state index in [0.717, 1.165) is 50.1 Å². The van der Waals surface area contributed by atoms with E-state index in [1.165, 1.54) is 55.6 Å². The number of anilines is 3. The van der Waals surface area contributed by atoms with Gasteiger partial charge in [0.1, 0.15) is 11.2 Å². The number of nitrogens with zero attached hydrogens (tertiary/aromatic N) is 1. The third-order valence-electron chi connectivity index (χ3n) is 13.4. The third-order valence-corrected chi connectivity index (χ3v) is 13.4. The van der Waals surface area contributed by atoms with Gasteiger partial charge in [0.05, 0.1) is 5.41 Å². The lowest BCUT2D eigenvalue weighted by atomic mass is 9.68. The maximum Gasteiger partial charge on any atom is 0.143 e. The zero-order valence-electron chi connectivity index (χ0n) is 33.6. The van der Waals surface area contributed by atoms with Crippen molar-refractivity contribution in [2.24, 2.45) is 0 Å². The van der Waals surface area contributed by atoms with Crippen molar-refractivity contribution < 1.29 is 4.42 Å². The highest BCUT2D eigenvalue weighted by molar-refractivity contribution is 6.15. The van der Waals surface area contributed by atoms with Crippen molar-refractivity contribution in [3.05, 3.63) is 246 Å². The van der Waals surface area contributed by atoms with Crippen LogP contribution < -0.4 is 4.90 Å². The summed E-state index contributed by atoms with van der Waals surface area (Å²) in [6.45, 7) is 4.69. The highest BCUT2D eigenvalue weighted by Gasteiger charge is 2.47. The normalized spacial score (nSPS) is 14.1. The molecule has 0 radical (unpaired) electrons. The van der Waals surface area contributed by atoms with Gasteiger partial charge in [-0.2, -0.15) is 0 Å². The van der Waals surface area contributed by atoms with Crippen LogP contribution in [0.15, 0.2) is 217 Å². The number of fused-ring (bicyclic) bond motifs is 10. The van der Waals surface area contributed by atoms with E-state index in [-0.39, 0.29) is 5.41 Å². The van der Waals surface area contributed by atoms with Crippen molar-refractivity contribution >= 4 is 39.0 Å². The Balaban J connectivity index is 1.000. The van der Waals surface area contributed by atoms with Gasteiger partial charge in [0, 0.05) is 44.4 Å². The molecule has 60 heavy (non-hydrogen) atoms. The van der Waals surface area contributed by atoms with E-state index in [2.05, 4.69) is 231 Å². The number of benzene rings is 9. The molecule has 0 saturated heterocycles. The smallest absolute Gasteiger partial charge is 0.143 e. The molecule has 0 spiro atoms. The van der Waals surface area contributed by atoms with Crippen LogP contribution in [-0.4, -0.2) is 0 Å². The summed E-state index contributed by atoms with van der Waals surface area (Å²) < 4.78 is 7.20. The minimum atomic E-state index is -0.483. The fourth-order valence-corrected chi connectivity index (χ4v) is 10.7. The van der Waals surface area contributed by atoms with Gasteiger partial charge in [0.2, 0.25) is 0 Å². The van der Waals surface area contributed by atoms with Crippen molar-refractivity contribution in [1.29, 1.82) is 0 Å². The van der Waals surface area contributed by atoms with Gasteiger partial charge in [-0.15, -0.1) is 0 Å². The molecular formula is C58H41NO. The van der Waals surface area contributed by atoms with Crippen LogP contribution in [-0.2, 0) is 10.8 Å². The molecular weight excluding hydrogens is 727 g/mol. The molecule has 2 aliphatic rings. The van der Waals surface area contributed by atoms with Gasteiger partial charge >= 0.3 is 0 Å². The van der Waals surface area contributed by atoms with Gasteiger partial charge in [-0.25, -0.2) is 0 Å². The predicted molar refractivity (Wildman–Crippen MR) is 249 cm³/mol. The van der Waals surface area contributed by atoms with Crippen molar-refractivity contribution in [1.82, 2.24) is 0 Å². The van der Waals surface area contributed by atoms with Crippen LogP contribution in [0, 0.1) is 0 Å². The minimum absolute atomic E-state index is 0.0911. The maximum atomic E-state index is 7.20. The average molecular weight is 768 g/mol. The van der Waals surface area contributed by atoms with Crippen molar-refractivity contribution in [3.8, 4) is 33.4 Å². The first-order valence-corrected chi connectivity index (χ1v) is 20.9. The zero-order chi connectivity index (χ0) is 40.0. The molecule has 0 fully saturated rings. The Labute approximate surface area is 350 Å². The van der Waals surface area contributed by atoms with Crippen LogP contribution in [0.2, 0.25) is 0 Å². The SMILES string of the molecule is CC1(C)c2ccccc2-c2ccc(N(c3ccccc3)c3ccc(-c4cccc5c4oc4c6c(ccc45)C(c4ccccc4)(c4ccccc4)c4ccccc4-6)cc3)cc21. The summed E-state index contributed by atoms with van der Waals surface area (Å²) in [4.78, 5) is 2.37. The number of furan rings is 1. The van der Waals surface area contributed by atoms with Crippen molar-refractivity contribution in [2.45, 2.75) is 24.7 Å². The number of hydrogen-bond acceptors (Lipinski definition) is 2. The Bertz CT molecular complexity index is 3230. The first-order valence-electron chi connectivity index (χ1n) is 20.9. The molecule has 0 atom stereocenters. The largest absolute Gasteiger partial charge is 0.455 e. The molecule has 2 aliphatic carbocycles. The van der Waals surface area contributed by atoms with E-state index in [9.17, 15) is 0 Å². The summed E-state index contributed by atoms with van der Waals surface area (Å²) in [6.07, 6.45) is 0. The summed E-state index contributed by atoms with van der Waals surface area (Å²) in [5.74, 6) is 0. The highest BCUT2D eigenvalue weighted by Crippen LogP contribution is 2.59. The van der Waals surface area contributed by atoms with E-state index in [1.54, 1.807) is 0 Å². The maximum absolute atomic E-state index is 7.20. The summed E-state index contributed by atoms with van der Waals surface area (Å²) in [6, 6.07) is 77.5. The van der Waals surface area contributed by atoms with Crippen LogP contribution in [0.3, 0.4) is 0 Å². The second kappa shape index (κ2) is 13.0. The lowest BCUT2D eigenvalue weighted by molar-refractivity contribution is 0.660. The fourth-order valence-electron chi connectivity index (χ4n) is 10.7. The minimum Gasteiger partial charge on any atom is -0.455 e. The van der Waals surface area contributed by atoms with Gasteiger partial charge in [0.15, 0.2) is 0 Å². The molecule has 0 saturated carbocycles. The van der Waals surface area contributed by atoms with Crippen LogP contribution in [0.4, 0.5) is 17.1 Å². The van der Waals surface area contributed by atoms with E-state index in [0.29, 0.717) is 0 Å². The Morgan fingerprint density at radius 1 is 0.367 bits per heavy atom. The quantitative estimate of drug-likeness (QED) is 0.168. The Morgan fingerprint density at radius 3 is 1.63 bits per heavy atom. The third kappa shape index (κ3) is 4.82. The molecule has 0 amide bonds. The molecule has 2 nitrogen and oxygen atoms in total. The number of rotatable bonds is 6. The van der Waals surface area contributed by atoms with Crippen LogP contribution in [0.1, 0.15) is 47.2 Å². The standard InChI is InChI=1S/C58H41NO/c1-57(2)50-27-14-12-23-45(50)46-34-33-43(37-53(46)57)59(41-21-10-5-11-22-41)42-31-29-38(30-32-42)44-25-16-26-47-48-35-36-52-54(56(48)60-55(44)47)49-24-13-15-28-51(49)58(52,39-17-6-3-7-18-39)40-19-8-4-9-20-40/h3-37H,1-2H3. The molecule has 0 bridgehead atoms. The molecule has 0 unspecified atom stereocenters. The Hall–Kier alpha value is -7.42. The fraction of sp³-hybridized carbons (Fsp3) is 0.0690. The van der Waals surface area contributed by atoms with Crippen molar-refractivity contribution in [3.63, 3.8) is 0 Å². The highest BCUT2D eigenvalue weighted by atomic mass is 16.3. The molecule has 0 aliphatic heterocycles. The molecule has 0 N–H and O–H groups in total. The van der Waals surface area contributed by atoms with Crippen LogP contribution >= 0.6 is 0 Å². The van der Waals surface area contributed by atoms with Crippen LogP contribution in [0.25, 0.3) is 55.3 Å². The summed E-state index contributed by atoms with van der Waals surface area (Å²) >= 11 is 0.